The van der Waals surface area contributed by atoms with E-state index in [-0.39, 0.29) is 0 Å². The molecule has 0 unspecified atom stereocenters. The van der Waals surface area contributed by atoms with Gasteiger partial charge in [0.25, 0.3) is 0 Å². The molecule has 4 nitrogen and oxygen atoms in total. The molecule has 0 fully saturated rings. The van der Waals surface area contributed by atoms with Crippen LogP contribution < -0.4 is 5.32 Å². The highest BCUT2D eigenvalue weighted by Crippen LogP contribution is 2.06. The molecule has 0 amide bonds. The van der Waals surface area contributed by atoms with E-state index < -0.39 is 0 Å². The molecule has 4 heteroatoms. The van der Waals surface area contributed by atoms with Crippen molar-refractivity contribution in [3.05, 3.63) is 11.9 Å². The number of unbranched alkanes of at least 4 members (excludes halogenated alkanes) is 3. The van der Waals surface area contributed by atoms with Gasteiger partial charge in [-0.25, -0.2) is 0 Å². The quantitative estimate of drug-likeness (QED) is 0.626. The number of aromatic nitrogens is 3. The molecule has 1 rings (SSSR count). The molecular weight excluding hydrogens is 236 g/mol. The third-order valence-electron chi connectivity index (χ3n) is 3.10. The van der Waals surface area contributed by atoms with Gasteiger partial charge in [-0.1, -0.05) is 38.8 Å². The second-order valence-corrected chi connectivity index (χ2v) is 5.74. The summed E-state index contributed by atoms with van der Waals surface area (Å²) in [4.78, 5) is 0. The Morgan fingerprint density at radius 3 is 2.68 bits per heavy atom. The average molecular weight is 266 g/mol. The Morgan fingerprint density at radius 2 is 1.95 bits per heavy atom. The highest BCUT2D eigenvalue weighted by molar-refractivity contribution is 4.92. The van der Waals surface area contributed by atoms with Crippen LogP contribution in [0.15, 0.2) is 6.20 Å². The van der Waals surface area contributed by atoms with Crippen LogP contribution in [0.5, 0.6) is 0 Å². The predicted octanol–water partition coefficient (Wildman–Crippen LogP) is 3.04. The van der Waals surface area contributed by atoms with E-state index in [1.54, 1.807) is 0 Å². The topological polar surface area (TPSA) is 42.7 Å². The Kier molecular flexibility index (Phi) is 8.47. The number of hydrogen-bond donors (Lipinski definition) is 1. The fraction of sp³-hybridized carbons (Fsp3) is 0.867. The largest absolute Gasteiger partial charge is 0.317 e. The first kappa shape index (κ1) is 16.2. The van der Waals surface area contributed by atoms with Gasteiger partial charge in [0.2, 0.25) is 0 Å². The van der Waals surface area contributed by atoms with Gasteiger partial charge >= 0.3 is 0 Å². The Morgan fingerprint density at radius 1 is 1.16 bits per heavy atom. The van der Waals surface area contributed by atoms with Crippen molar-refractivity contribution < 1.29 is 0 Å². The zero-order valence-electron chi connectivity index (χ0n) is 12.9. The third-order valence-corrected chi connectivity index (χ3v) is 3.10. The molecule has 0 spiro atoms. The van der Waals surface area contributed by atoms with Crippen LogP contribution in [-0.4, -0.2) is 28.1 Å². The summed E-state index contributed by atoms with van der Waals surface area (Å²) in [7, 11) is 0. The Balaban J connectivity index is 2.01. The van der Waals surface area contributed by atoms with E-state index in [9.17, 15) is 0 Å². The summed E-state index contributed by atoms with van der Waals surface area (Å²) in [6.45, 7) is 9.90. The summed E-state index contributed by atoms with van der Waals surface area (Å²) in [6.07, 6.45) is 9.53. The molecule has 0 aliphatic rings. The predicted molar refractivity (Wildman–Crippen MR) is 80.2 cm³/mol. The van der Waals surface area contributed by atoms with Gasteiger partial charge < -0.3 is 5.32 Å². The summed E-state index contributed by atoms with van der Waals surface area (Å²) in [6, 6.07) is 0. The first-order chi connectivity index (χ1) is 9.22. The lowest BCUT2D eigenvalue weighted by Gasteiger charge is -2.03. The molecule has 110 valence electrons. The molecule has 0 saturated carbocycles. The van der Waals surface area contributed by atoms with Crippen LogP contribution in [0.25, 0.3) is 0 Å². The van der Waals surface area contributed by atoms with E-state index in [1.165, 1.54) is 38.6 Å². The van der Waals surface area contributed by atoms with Gasteiger partial charge in [-0.15, -0.1) is 5.10 Å². The second kappa shape index (κ2) is 9.96. The third kappa shape index (κ3) is 7.98. The molecule has 19 heavy (non-hydrogen) atoms. The van der Waals surface area contributed by atoms with Gasteiger partial charge in [0.05, 0.1) is 5.69 Å². The number of aryl methyl sites for hydroxylation is 1. The van der Waals surface area contributed by atoms with Gasteiger partial charge in [-0.05, 0) is 44.7 Å². The molecule has 0 atom stereocenters. The second-order valence-electron chi connectivity index (χ2n) is 5.74. The number of hydrogen-bond acceptors (Lipinski definition) is 3. The smallest absolute Gasteiger partial charge is 0.0827 e. The van der Waals surface area contributed by atoms with E-state index >= 15 is 0 Å². The normalized spacial score (nSPS) is 11.4. The van der Waals surface area contributed by atoms with Crippen molar-refractivity contribution in [1.29, 1.82) is 0 Å². The van der Waals surface area contributed by atoms with Crippen molar-refractivity contribution in [3.8, 4) is 0 Å². The van der Waals surface area contributed by atoms with Crippen LogP contribution in [-0.2, 0) is 13.0 Å². The molecule has 0 bridgehead atoms. The minimum atomic E-state index is 0.630. The van der Waals surface area contributed by atoms with Crippen LogP contribution in [0.4, 0.5) is 0 Å². The molecule has 0 aliphatic heterocycles. The lowest BCUT2D eigenvalue weighted by molar-refractivity contribution is 0.472. The number of nitrogens with one attached hydrogen (secondary N) is 1. The fourth-order valence-electron chi connectivity index (χ4n) is 2.13. The summed E-state index contributed by atoms with van der Waals surface area (Å²) >= 11 is 0. The average Bonchev–Trinajstić information content (AvgIpc) is 2.79. The maximum absolute atomic E-state index is 4.23. The standard InChI is InChI=1S/C15H30N4/c1-4-10-16-11-8-6-5-7-9-15-13-19(18-17-15)12-14(2)3/h13-14,16H,4-12H2,1-3H3. The zero-order valence-corrected chi connectivity index (χ0v) is 12.9. The van der Waals surface area contributed by atoms with Crippen molar-refractivity contribution in [3.63, 3.8) is 0 Å². The van der Waals surface area contributed by atoms with Crippen molar-refractivity contribution in [2.75, 3.05) is 13.1 Å². The highest BCUT2D eigenvalue weighted by Gasteiger charge is 2.02. The van der Waals surface area contributed by atoms with Crippen molar-refractivity contribution in [2.45, 2.75) is 65.8 Å². The lowest BCUT2D eigenvalue weighted by atomic mass is 10.1. The minimum absolute atomic E-state index is 0.630. The monoisotopic (exact) mass is 266 g/mol. The molecule has 1 N–H and O–H groups in total. The van der Waals surface area contributed by atoms with Crippen molar-refractivity contribution in [1.82, 2.24) is 20.3 Å². The lowest BCUT2D eigenvalue weighted by Crippen LogP contribution is -2.15. The summed E-state index contributed by atoms with van der Waals surface area (Å²) in [5, 5.41) is 11.8. The van der Waals surface area contributed by atoms with E-state index in [4.69, 9.17) is 0 Å². The van der Waals surface area contributed by atoms with Gasteiger partial charge in [-0.3, -0.25) is 4.68 Å². The molecule has 1 aromatic heterocycles. The molecule has 0 aromatic carbocycles. The Bertz CT molecular complexity index is 320. The van der Waals surface area contributed by atoms with Gasteiger partial charge in [0, 0.05) is 12.7 Å². The number of rotatable bonds is 11. The Hall–Kier alpha value is -0.900. The first-order valence-electron chi connectivity index (χ1n) is 7.82. The molecule has 1 heterocycles. The maximum atomic E-state index is 4.23. The van der Waals surface area contributed by atoms with E-state index in [1.807, 2.05) is 4.68 Å². The van der Waals surface area contributed by atoms with Crippen LogP contribution in [0.2, 0.25) is 0 Å². The highest BCUT2D eigenvalue weighted by atomic mass is 15.4. The van der Waals surface area contributed by atoms with Gasteiger partial charge in [0.1, 0.15) is 0 Å². The van der Waals surface area contributed by atoms with Crippen LogP contribution in [0.1, 0.15) is 58.6 Å². The fourth-order valence-corrected chi connectivity index (χ4v) is 2.13. The number of nitrogens with zero attached hydrogens (tertiary/aromatic N) is 3. The maximum Gasteiger partial charge on any atom is 0.0827 e. The summed E-state index contributed by atoms with van der Waals surface area (Å²) in [5.41, 5.74) is 1.14. The Labute approximate surface area is 118 Å². The SMILES string of the molecule is CCCNCCCCCCc1cn(CC(C)C)nn1. The molecule has 0 radical (unpaired) electrons. The van der Waals surface area contributed by atoms with Crippen molar-refractivity contribution >= 4 is 0 Å². The van der Waals surface area contributed by atoms with E-state index in [0.717, 1.165) is 25.2 Å². The van der Waals surface area contributed by atoms with Crippen LogP contribution >= 0.6 is 0 Å². The summed E-state index contributed by atoms with van der Waals surface area (Å²) in [5.74, 6) is 0.630. The van der Waals surface area contributed by atoms with Gasteiger partial charge in [-0.2, -0.15) is 0 Å². The van der Waals surface area contributed by atoms with E-state index in [0.29, 0.717) is 5.92 Å². The molecule has 1 aromatic rings. The minimum Gasteiger partial charge on any atom is -0.317 e. The van der Waals surface area contributed by atoms with Gasteiger partial charge in [0.15, 0.2) is 0 Å². The molecular formula is C15H30N4. The van der Waals surface area contributed by atoms with Crippen LogP contribution in [0.3, 0.4) is 0 Å². The molecule has 0 saturated heterocycles. The van der Waals surface area contributed by atoms with E-state index in [2.05, 4.69) is 42.6 Å². The summed E-state index contributed by atoms with van der Waals surface area (Å²) < 4.78 is 1.97. The first-order valence-corrected chi connectivity index (χ1v) is 7.82. The van der Waals surface area contributed by atoms with Crippen LogP contribution in [0, 0.1) is 5.92 Å². The molecule has 0 aliphatic carbocycles. The van der Waals surface area contributed by atoms with Crippen molar-refractivity contribution in [2.24, 2.45) is 5.92 Å². The zero-order chi connectivity index (χ0) is 13.9.